The van der Waals surface area contributed by atoms with Crippen molar-refractivity contribution in [1.82, 2.24) is 10.6 Å². The number of amides is 1. The highest BCUT2D eigenvalue weighted by Gasteiger charge is 2.34. The zero-order valence-corrected chi connectivity index (χ0v) is 16.0. The van der Waals surface area contributed by atoms with Gasteiger partial charge in [-0.1, -0.05) is 94.9 Å². The Kier molecular flexibility index (Phi) is 7.66. The standard InChI is InChI=1S/C17H16Cl4N2O2/c18-14-9-5-4-8-13(14)11-25-16(24)23-15(17(19,20)21)22-10-12-6-2-1-3-7-12/h1-9,15,22H,10-11H2,(H,23,24)/t15-/m0/s1. The molecule has 0 aromatic heterocycles. The zero-order chi connectivity index (χ0) is 18.3. The molecular formula is C17H16Cl4N2O2. The first kappa shape index (κ1) is 20.1. The van der Waals surface area contributed by atoms with Crippen LogP contribution in [0.4, 0.5) is 4.79 Å². The molecule has 2 rings (SSSR count). The van der Waals surface area contributed by atoms with E-state index in [9.17, 15) is 4.79 Å². The maximum atomic E-state index is 12.0. The largest absolute Gasteiger partial charge is 0.445 e. The van der Waals surface area contributed by atoms with Gasteiger partial charge in [-0.3, -0.25) is 5.32 Å². The summed E-state index contributed by atoms with van der Waals surface area (Å²) in [5.74, 6) is 0. The van der Waals surface area contributed by atoms with Crippen LogP contribution in [0.25, 0.3) is 0 Å². The number of nitrogens with one attached hydrogen (secondary N) is 2. The number of halogens is 4. The number of carbonyl (C=O) groups excluding carboxylic acids is 1. The van der Waals surface area contributed by atoms with Crippen molar-refractivity contribution < 1.29 is 9.53 Å². The van der Waals surface area contributed by atoms with E-state index in [0.717, 1.165) is 5.56 Å². The average Bonchev–Trinajstić information content (AvgIpc) is 2.58. The first-order valence-electron chi connectivity index (χ1n) is 7.37. The molecule has 8 heteroatoms. The van der Waals surface area contributed by atoms with E-state index in [0.29, 0.717) is 17.1 Å². The molecular weight excluding hydrogens is 406 g/mol. The Morgan fingerprint density at radius 2 is 1.68 bits per heavy atom. The lowest BCUT2D eigenvalue weighted by molar-refractivity contribution is 0.133. The van der Waals surface area contributed by atoms with Crippen LogP contribution in [-0.4, -0.2) is 16.1 Å². The number of carbonyl (C=O) groups is 1. The molecule has 0 saturated heterocycles. The lowest BCUT2D eigenvalue weighted by atomic mass is 10.2. The molecule has 0 radical (unpaired) electrons. The Labute approximate surface area is 166 Å². The van der Waals surface area contributed by atoms with Gasteiger partial charge in [0.15, 0.2) is 0 Å². The van der Waals surface area contributed by atoms with Crippen molar-refractivity contribution in [2.75, 3.05) is 0 Å². The van der Waals surface area contributed by atoms with Crippen molar-refractivity contribution in [1.29, 1.82) is 0 Å². The van der Waals surface area contributed by atoms with Crippen LogP contribution in [0, 0.1) is 0 Å². The molecule has 0 saturated carbocycles. The number of alkyl halides is 3. The van der Waals surface area contributed by atoms with Crippen LogP contribution in [0.5, 0.6) is 0 Å². The quantitative estimate of drug-likeness (QED) is 0.506. The zero-order valence-electron chi connectivity index (χ0n) is 13.0. The van der Waals surface area contributed by atoms with Crippen LogP contribution in [-0.2, 0) is 17.9 Å². The van der Waals surface area contributed by atoms with Crippen molar-refractivity contribution in [3.63, 3.8) is 0 Å². The van der Waals surface area contributed by atoms with E-state index in [2.05, 4.69) is 10.6 Å². The number of benzene rings is 2. The second-order valence-corrected chi connectivity index (χ2v) is 7.93. The fraction of sp³-hybridized carbons (Fsp3) is 0.235. The molecule has 1 atom stereocenters. The van der Waals surface area contributed by atoms with E-state index in [1.165, 1.54) is 0 Å². The molecule has 25 heavy (non-hydrogen) atoms. The monoisotopic (exact) mass is 420 g/mol. The molecule has 2 aromatic carbocycles. The molecule has 0 fully saturated rings. The fourth-order valence-corrected chi connectivity index (χ4v) is 2.57. The smallest absolute Gasteiger partial charge is 0.408 e. The average molecular weight is 422 g/mol. The molecule has 1 amide bonds. The summed E-state index contributed by atoms with van der Waals surface area (Å²) in [6.07, 6.45) is -1.66. The van der Waals surface area contributed by atoms with E-state index in [4.69, 9.17) is 51.1 Å². The first-order chi connectivity index (χ1) is 11.9. The van der Waals surface area contributed by atoms with E-state index in [1.807, 2.05) is 30.3 Å². The number of alkyl carbamates (subject to hydrolysis) is 1. The predicted octanol–water partition coefficient (Wildman–Crippen LogP) is 5.05. The summed E-state index contributed by atoms with van der Waals surface area (Å²) >= 11 is 23.8. The van der Waals surface area contributed by atoms with E-state index in [-0.39, 0.29) is 6.61 Å². The molecule has 0 bridgehead atoms. The lowest BCUT2D eigenvalue weighted by Gasteiger charge is -2.26. The van der Waals surface area contributed by atoms with Gasteiger partial charge in [0.25, 0.3) is 0 Å². The third kappa shape index (κ3) is 6.92. The summed E-state index contributed by atoms with van der Waals surface area (Å²) in [7, 11) is 0. The van der Waals surface area contributed by atoms with Gasteiger partial charge in [-0.05, 0) is 11.6 Å². The van der Waals surface area contributed by atoms with Gasteiger partial charge >= 0.3 is 6.09 Å². The van der Waals surface area contributed by atoms with Gasteiger partial charge in [0.1, 0.15) is 12.8 Å². The van der Waals surface area contributed by atoms with E-state index in [1.54, 1.807) is 24.3 Å². The number of hydrogen-bond acceptors (Lipinski definition) is 3. The van der Waals surface area contributed by atoms with Gasteiger partial charge in [0, 0.05) is 17.1 Å². The highest BCUT2D eigenvalue weighted by Crippen LogP contribution is 2.29. The van der Waals surface area contributed by atoms with Gasteiger partial charge in [-0.25, -0.2) is 4.79 Å². The third-order valence-electron chi connectivity index (χ3n) is 3.26. The predicted molar refractivity (Wildman–Crippen MR) is 102 cm³/mol. The minimum absolute atomic E-state index is 0.0107. The number of rotatable bonds is 6. The molecule has 0 aliphatic heterocycles. The fourth-order valence-electron chi connectivity index (χ4n) is 1.98. The molecule has 0 unspecified atom stereocenters. The molecule has 0 heterocycles. The van der Waals surface area contributed by atoms with Gasteiger partial charge in [0.05, 0.1) is 0 Å². The maximum absolute atomic E-state index is 12.0. The molecule has 0 spiro atoms. The molecule has 0 aliphatic carbocycles. The normalized spacial score (nSPS) is 12.5. The van der Waals surface area contributed by atoms with Crippen molar-refractivity contribution in [3.8, 4) is 0 Å². The van der Waals surface area contributed by atoms with Crippen LogP contribution >= 0.6 is 46.4 Å². The van der Waals surface area contributed by atoms with Gasteiger partial charge in [-0.15, -0.1) is 0 Å². The number of hydrogen-bond donors (Lipinski definition) is 2. The highest BCUT2D eigenvalue weighted by molar-refractivity contribution is 6.68. The van der Waals surface area contributed by atoms with Crippen LogP contribution < -0.4 is 10.6 Å². The SMILES string of the molecule is O=C(N[C@H](NCc1ccccc1)C(Cl)(Cl)Cl)OCc1ccccc1Cl. The highest BCUT2D eigenvalue weighted by atomic mass is 35.6. The summed E-state index contributed by atoms with van der Waals surface area (Å²) in [5.41, 5.74) is 1.66. The summed E-state index contributed by atoms with van der Waals surface area (Å²) in [4.78, 5) is 12.0. The topological polar surface area (TPSA) is 50.4 Å². The summed E-state index contributed by atoms with van der Waals surface area (Å²) in [5, 5.41) is 6.00. The molecule has 134 valence electrons. The van der Waals surface area contributed by atoms with Crippen LogP contribution in [0.1, 0.15) is 11.1 Å². The third-order valence-corrected chi connectivity index (χ3v) is 4.28. The van der Waals surface area contributed by atoms with Crippen molar-refractivity contribution >= 4 is 52.5 Å². The first-order valence-corrected chi connectivity index (χ1v) is 8.88. The maximum Gasteiger partial charge on any atom is 0.408 e. The van der Waals surface area contributed by atoms with Crippen molar-refractivity contribution in [2.24, 2.45) is 0 Å². The van der Waals surface area contributed by atoms with Gasteiger partial charge in [0.2, 0.25) is 3.79 Å². The molecule has 2 N–H and O–H groups in total. The van der Waals surface area contributed by atoms with Crippen LogP contribution in [0.15, 0.2) is 54.6 Å². The lowest BCUT2D eigenvalue weighted by Crippen LogP contribution is -2.53. The summed E-state index contributed by atoms with van der Waals surface area (Å²) < 4.78 is 3.38. The molecule has 4 nitrogen and oxygen atoms in total. The minimum atomic E-state index is -1.75. The Morgan fingerprint density at radius 3 is 2.32 bits per heavy atom. The van der Waals surface area contributed by atoms with Gasteiger partial charge in [-0.2, -0.15) is 0 Å². The minimum Gasteiger partial charge on any atom is -0.445 e. The second-order valence-electron chi connectivity index (χ2n) is 5.15. The van der Waals surface area contributed by atoms with Crippen LogP contribution in [0.3, 0.4) is 0 Å². The van der Waals surface area contributed by atoms with E-state index >= 15 is 0 Å². The van der Waals surface area contributed by atoms with Crippen molar-refractivity contribution in [2.45, 2.75) is 23.1 Å². The molecule has 0 aliphatic rings. The Balaban J connectivity index is 1.90. The second kappa shape index (κ2) is 9.51. The van der Waals surface area contributed by atoms with Crippen LogP contribution in [0.2, 0.25) is 5.02 Å². The Hall–Kier alpha value is -1.17. The summed E-state index contributed by atoms with van der Waals surface area (Å²) in [6.45, 7) is 0.418. The van der Waals surface area contributed by atoms with Crippen molar-refractivity contribution in [3.05, 3.63) is 70.7 Å². The van der Waals surface area contributed by atoms with Gasteiger partial charge < -0.3 is 10.1 Å². The van der Waals surface area contributed by atoms with E-state index < -0.39 is 16.1 Å². The summed E-state index contributed by atoms with van der Waals surface area (Å²) in [6, 6.07) is 16.6. The number of ether oxygens (including phenoxy) is 1. The molecule has 2 aromatic rings. The Bertz CT molecular complexity index is 693. The Morgan fingerprint density at radius 1 is 1.04 bits per heavy atom.